The molecule has 162 valence electrons. The highest BCUT2D eigenvalue weighted by molar-refractivity contribution is 7.99. The Labute approximate surface area is 185 Å². The molecule has 1 aromatic heterocycles. The van der Waals surface area contributed by atoms with Crippen molar-refractivity contribution in [1.29, 1.82) is 0 Å². The van der Waals surface area contributed by atoms with Crippen molar-refractivity contribution < 1.29 is 14.3 Å². The van der Waals surface area contributed by atoms with Crippen LogP contribution in [0.15, 0.2) is 53.7 Å². The van der Waals surface area contributed by atoms with E-state index in [4.69, 9.17) is 9.47 Å². The quantitative estimate of drug-likeness (QED) is 0.567. The second kappa shape index (κ2) is 9.84. The summed E-state index contributed by atoms with van der Waals surface area (Å²) in [5, 5.41) is 12.4. The third-order valence-electron chi connectivity index (χ3n) is 4.89. The van der Waals surface area contributed by atoms with Gasteiger partial charge in [-0.3, -0.25) is 9.36 Å². The number of nitrogens with zero attached hydrogens (tertiary/aromatic N) is 4. The van der Waals surface area contributed by atoms with Gasteiger partial charge < -0.3 is 19.7 Å². The third kappa shape index (κ3) is 5.18. The summed E-state index contributed by atoms with van der Waals surface area (Å²) in [7, 11) is 1.60. The standard InChI is InChI=1S/C22H25N5O3S/c1-16-6-8-18(9-7-16)27-21(26-10-12-30-13-11-26)24-25-22(27)31-15-20(28)23-17-4-3-5-19(14-17)29-2/h3-9,14H,10-13,15H2,1-2H3,(H,23,28). The molecule has 0 radical (unpaired) electrons. The molecule has 8 nitrogen and oxygen atoms in total. The number of nitrogens with one attached hydrogen (secondary N) is 1. The second-order valence-electron chi connectivity index (χ2n) is 7.12. The number of amides is 1. The first-order valence-corrected chi connectivity index (χ1v) is 11.0. The predicted molar refractivity (Wildman–Crippen MR) is 121 cm³/mol. The highest BCUT2D eigenvalue weighted by atomic mass is 32.2. The number of aryl methyl sites for hydroxylation is 1. The van der Waals surface area contributed by atoms with E-state index in [1.165, 1.54) is 17.3 Å². The molecule has 1 fully saturated rings. The summed E-state index contributed by atoms with van der Waals surface area (Å²) in [5.41, 5.74) is 2.84. The first-order chi connectivity index (χ1) is 15.1. The van der Waals surface area contributed by atoms with Crippen LogP contribution in [0, 0.1) is 6.92 Å². The van der Waals surface area contributed by atoms with Crippen LogP contribution in [0.3, 0.4) is 0 Å². The molecule has 9 heteroatoms. The molecule has 31 heavy (non-hydrogen) atoms. The Balaban J connectivity index is 1.52. The Kier molecular flexibility index (Phi) is 6.73. The van der Waals surface area contributed by atoms with E-state index >= 15 is 0 Å². The van der Waals surface area contributed by atoms with Crippen molar-refractivity contribution in [1.82, 2.24) is 14.8 Å². The highest BCUT2D eigenvalue weighted by Gasteiger charge is 2.22. The van der Waals surface area contributed by atoms with E-state index in [0.29, 0.717) is 29.8 Å². The molecule has 1 amide bonds. The van der Waals surface area contributed by atoms with Gasteiger partial charge in [0.25, 0.3) is 0 Å². The highest BCUT2D eigenvalue weighted by Crippen LogP contribution is 2.27. The van der Waals surface area contributed by atoms with Crippen molar-refractivity contribution in [3.05, 3.63) is 54.1 Å². The van der Waals surface area contributed by atoms with Crippen LogP contribution in [0.4, 0.5) is 11.6 Å². The number of carbonyl (C=O) groups excluding carboxylic acids is 1. The molecule has 0 unspecified atom stereocenters. The van der Waals surface area contributed by atoms with E-state index in [-0.39, 0.29) is 11.7 Å². The molecule has 4 rings (SSSR count). The molecule has 1 saturated heterocycles. The lowest BCUT2D eigenvalue weighted by Crippen LogP contribution is -2.37. The van der Waals surface area contributed by atoms with Crippen LogP contribution in [0.2, 0.25) is 0 Å². The fourth-order valence-electron chi connectivity index (χ4n) is 3.27. The van der Waals surface area contributed by atoms with Crippen molar-refractivity contribution in [3.8, 4) is 11.4 Å². The summed E-state index contributed by atoms with van der Waals surface area (Å²) in [6.07, 6.45) is 0. The number of aromatic nitrogens is 3. The molecule has 3 aromatic rings. The Morgan fingerprint density at radius 1 is 1.16 bits per heavy atom. The second-order valence-corrected chi connectivity index (χ2v) is 8.06. The lowest BCUT2D eigenvalue weighted by molar-refractivity contribution is -0.113. The zero-order valence-corrected chi connectivity index (χ0v) is 18.4. The van der Waals surface area contributed by atoms with E-state index in [9.17, 15) is 4.79 Å². The lowest BCUT2D eigenvalue weighted by Gasteiger charge is -2.27. The van der Waals surface area contributed by atoms with E-state index in [2.05, 4.69) is 39.5 Å². The average Bonchev–Trinajstić information content (AvgIpc) is 3.23. The molecule has 1 N–H and O–H groups in total. The van der Waals surface area contributed by atoms with Gasteiger partial charge in [0, 0.05) is 24.8 Å². The van der Waals surface area contributed by atoms with Gasteiger partial charge in [0.1, 0.15) is 5.75 Å². The summed E-state index contributed by atoms with van der Waals surface area (Å²) in [6.45, 7) is 4.88. The maximum absolute atomic E-state index is 12.5. The summed E-state index contributed by atoms with van der Waals surface area (Å²) in [5.74, 6) is 1.55. The van der Waals surface area contributed by atoms with Crippen molar-refractivity contribution in [3.63, 3.8) is 0 Å². The zero-order valence-electron chi connectivity index (χ0n) is 17.6. The number of carbonyl (C=O) groups is 1. The summed E-state index contributed by atoms with van der Waals surface area (Å²) >= 11 is 1.36. The number of hydrogen-bond donors (Lipinski definition) is 1. The van der Waals surface area contributed by atoms with Crippen LogP contribution < -0.4 is 15.0 Å². The van der Waals surface area contributed by atoms with E-state index in [1.54, 1.807) is 13.2 Å². The first kappa shape index (κ1) is 21.2. The third-order valence-corrected chi connectivity index (χ3v) is 5.82. The van der Waals surface area contributed by atoms with Gasteiger partial charge in [-0.2, -0.15) is 0 Å². The number of ether oxygens (including phenoxy) is 2. The Morgan fingerprint density at radius 2 is 1.94 bits per heavy atom. The van der Waals surface area contributed by atoms with Crippen molar-refractivity contribution >= 4 is 29.3 Å². The van der Waals surface area contributed by atoms with Crippen LogP contribution in [0.1, 0.15) is 5.56 Å². The Morgan fingerprint density at radius 3 is 2.68 bits per heavy atom. The topological polar surface area (TPSA) is 81.5 Å². The summed E-state index contributed by atoms with van der Waals surface area (Å²) in [4.78, 5) is 14.7. The molecule has 1 aliphatic heterocycles. The molecule has 1 aliphatic rings. The van der Waals surface area contributed by atoms with Gasteiger partial charge in [-0.15, -0.1) is 10.2 Å². The van der Waals surface area contributed by atoms with Crippen molar-refractivity contribution in [2.45, 2.75) is 12.1 Å². The molecule has 0 spiro atoms. The smallest absolute Gasteiger partial charge is 0.234 e. The number of hydrogen-bond acceptors (Lipinski definition) is 7. The largest absolute Gasteiger partial charge is 0.497 e. The fraction of sp³-hybridized carbons (Fsp3) is 0.318. The van der Waals surface area contributed by atoms with Crippen LogP contribution in [-0.2, 0) is 9.53 Å². The average molecular weight is 440 g/mol. The molecule has 0 aliphatic carbocycles. The van der Waals surface area contributed by atoms with E-state index in [0.717, 1.165) is 24.7 Å². The molecule has 2 heterocycles. The number of rotatable bonds is 7. The van der Waals surface area contributed by atoms with Crippen LogP contribution in [-0.4, -0.2) is 59.8 Å². The molecular formula is C22H25N5O3S. The van der Waals surface area contributed by atoms with E-state index < -0.39 is 0 Å². The minimum absolute atomic E-state index is 0.121. The number of anilines is 2. The molecule has 0 bridgehead atoms. The van der Waals surface area contributed by atoms with Crippen LogP contribution in [0.5, 0.6) is 5.75 Å². The summed E-state index contributed by atoms with van der Waals surface area (Å²) < 4.78 is 12.7. The van der Waals surface area contributed by atoms with E-state index in [1.807, 2.05) is 34.9 Å². The van der Waals surface area contributed by atoms with Gasteiger partial charge in [0.05, 0.1) is 31.8 Å². The summed E-state index contributed by atoms with van der Waals surface area (Å²) in [6, 6.07) is 15.5. The maximum Gasteiger partial charge on any atom is 0.234 e. The van der Waals surface area contributed by atoms with Gasteiger partial charge in [0.2, 0.25) is 11.9 Å². The number of benzene rings is 2. The number of methoxy groups -OCH3 is 1. The molecular weight excluding hydrogens is 414 g/mol. The molecule has 0 atom stereocenters. The van der Waals surface area contributed by atoms with Gasteiger partial charge in [-0.05, 0) is 31.2 Å². The minimum atomic E-state index is -0.121. The lowest BCUT2D eigenvalue weighted by atomic mass is 10.2. The maximum atomic E-state index is 12.5. The van der Waals surface area contributed by atoms with Crippen LogP contribution in [0.25, 0.3) is 5.69 Å². The Bertz CT molecular complexity index is 1030. The fourth-order valence-corrected chi connectivity index (χ4v) is 4.02. The Hall–Kier alpha value is -3.04. The van der Waals surface area contributed by atoms with Crippen molar-refractivity contribution in [2.24, 2.45) is 0 Å². The SMILES string of the molecule is COc1cccc(NC(=O)CSc2nnc(N3CCOCC3)n2-c2ccc(C)cc2)c1. The number of morpholine rings is 1. The van der Waals surface area contributed by atoms with Crippen molar-refractivity contribution in [2.75, 3.05) is 49.4 Å². The minimum Gasteiger partial charge on any atom is -0.497 e. The van der Waals surface area contributed by atoms with Gasteiger partial charge in [-0.25, -0.2) is 0 Å². The number of thioether (sulfide) groups is 1. The van der Waals surface area contributed by atoms with Gasteiger partial charge >= 0.3 is 0 Å². The molecule has 2 aromatic carbocycles. The monoisotopic (exact) mass is 439 g/mol. The molecule has 0 saturated carbocycles. The van der Waals surface area contributed by atoms with Crippen LogP contribution >= 0.6 is 11.8 Å². The first-order valence-electron chi connectivity index (χ1n) is 10.1. The van der Waals surface area contributed by atoms with Gasteiger partial charge in [-0.1, -0.05) is 35.5 Å². The predicted octanol–water partition coefficient (Wildman–Crippen LogP) is 3.15. The normalized spacial score (nSPS) is 13.8. The van der Waals surface area contributed by atoms with Gasteiger partial charge in [0.15, 0.2) is 5.16 Å². The zero-order chi connectivity index (χ0) is 21.6.